The first-order valence-corrected chi connectivity index (χ1v) is 7.29. The minimum absolute atomic E-state index is 0.0596. The number of aryl methyl sites for hydroxylation is 1. The van der Waals surface area contributed by atoms with E-state index >= 15 is 0 Å². The molecule has 0 aliphatic heterocycles. The maximum atomic E-state index is 11.9. The molecule has 5 nitrogen and oxygen atoms in total. The van der Waals surface area contributed by atoms with Gasteiger partial charge < -0.3 is 15.7 Å². The smallest absolute Gasteiger partial charge is 0.337 e. The van der Waals surface area contributed by atoms with Gasteiger partial charge in [-0.2, -0.15) is 0 Å². The Kier molecular flexibility index (Phi) is 4.82. The van der Waals surface area contributed by atoms with Crippen molar-refractivity contribution in [3.63, 3.8) is 0 Å². The number of anilines is 1. The maximum Gasteiger partial charge on any atom is 0.337 e. The van der Waals surface area contributed by atoms with E-state index in [0.717, 1.165) is 4.88 Å². The first kappa shape index (κ1) is 15.3. The van der Waals surface area contributed by atoms with Gasteiger partial charge in [0.05, 0.1) is 22.1 Å². The van der Waals surface area contributed by atoms with E-state index in [0.29, 0.717) is 22.1 Å². The highest BCUT2D eigenvalue weighted by atomic mass is 35.5. The van der Waals surface area contributed by atoms with Crippen molar-refractivity contribution < 1.29 is 14.7 Å². The molecule has 0 radical (unpaired) electrons. The first-order chi connectivity index (χ1) is 9.97. The lowest BCUT2D eigenvalue weighted by Crippen LogP contribution is -2.29. The molecule has 0 aliphatic carbocycles. The number of carbonyl (C=O) groups is 2. The lowest BCUT2D eigenvalue weighted by molar-refractivity contribution is 0.0698. The van der Waals surface area contributed by atoms with Gasteiger partial charge in [0.2, 0.25) is 0 Å². The van der Waals surface area contributed by atoms with E-state index in [4.69, 9.17) is 16.7 Å². The van der Waals surface area contributed by atoms with Gasteiger partial charge in [-0.05, 0) is 30.7 Å². The molecule has 0 fully saturated rings. The number of hydrogen-bond donors (Lipinski definition) is 3. The number of urea groups is 1. The predicted octanol–water partition coefficient (Wildman–Crippen LogP) is 3.73. The number of thiophene rings is 1. The summed E-state index contributed by atoms with van der Waals surface area (Å²) in [6, 6.07) is 7.94. The van der Waals surface area contributed by atoms with E-state index in [1.807, 2.05) is 6.07 Å². The Hall–Kier alpha value is -2.05. The fourth-order valence-corrected chi connectivity index (χ4v) is 2.81. The van der Waals surface area contributed by atoms with Gasteiger partial charge in [-0.1, -0.05) is 23.7 Å². The average molecular weight is 325 g/mol. The van der Waals surface area contributed by atoms with Gasteiger partial charge in [-0.15, -0.1) is 11.3 Å². The zero-order valence-electron chi connectivity index (χ0n) is 11.1. The van der Waals surface area contributed by atoms with Crippen LogP contribution in [0.2, 0.25) is 4.34 Å². The molecule has 1 heterocycles. The number of aromatic carboxylic acids is 1. The van der Waals surface area contributed by atoms with Crippen LogP contribution in [0.1, 0.15) is 20.8 Å². The van der Waals surface area contributed by atoms with Crippen LogP contribution >= 0.6 is 22.9 Å². The molecule has 0 saturated heterocycles. The maximum absolute atomic E-state index is 11.9. The van der Waals surface area contributed by atoms with Gasteiger partial charge in [-0.25, -0.2) is 9.59 Å². The Bertz CT molecular complexity index is 685. The third-order valence-electron chi connectivity index (χ3n) is 2.79. The number of amides is 2. The highest BCUT2D eigenvalue weighted by Gasteiger charge is 2.14. The Labute approximate surface area is 130 Å². The van der Waals surface area contributed by atoms with E-state index < -0.39 is 12.0 Å². The highest BCUT2D eigenvalue weighted by Crippen LogP contribution is 2.22. The van der Waals surface area contributed by atoms with Gasteiger partial charge >= 0.3 is 12.0 Å². The second-order valence-corrected chi connectivity index (χ2v) is 6.12. The number of hydrogen-bond acceptors (Lipinski definition) is 3. The molecule has 0 saturated carbocycles. The topological polar surface area (TPSA) is 78.4 Å². The number of benzene rings is 1. The zero-order valence-corrected chi connectivity index (χ0v) is 12.7. The van der Waals surface area contributed by atoms with Crippen molar-refractivity contribution in [3.05, 3.63) is 50.7 Å². The quantitative estimate of drug-likeness (QED) is 0.801. The van der Waals surface area contributed by atoms with Crippen molar-refractivity contribution in [2.24, 2.45) is 0 Å². The normalized spacial score (nSPS) is 10.2. The molecular formula is C14H13ClN2O3S. The molecule has 110 valence electrons. The predicted molar refractivity (Wildman–Crippen MR) is 83.3 cm³/mol. The second-order valence-electron chi connectivity index (χ2n) is 4.32. The molecule has 0 aliphatic rings. The summed E-state index contributed by atoms with van der Waals surface area (Å²) in [6.07, 6.45) is 0. The number of para-hydroxylation sites is 1. The van der Waals surface area contributed by atoms with Gasteiger partial charge in [0.1, 0.15) is 0 Å². The van der Waals surface area contributed by atoms with Gasteiger partial charge in [-0.3, -0.25) is 0 Å². The summed E-state index contributed by atoms with van der Waals surface area (Å²) in [5.41, 5.74) is 1.04. The SMILES string of the molecule is Cc1cccc(C(=O)O)c1NC(=O)NCc1ccc(Cl)s1. The Morgan fingerprint density at radius 1 is 1.29 bits per heavy atom. The number of halogens is 1. The minimum atomic E-state index is -1.08. The molecule has 1 aromatic heterocycles. The molecule has 2 rings (SSSR count). The van der Waals surface area contributed by atoms with Crippen LogP contribution in [-0.2, 0) is 6.54 Å². The van der Waals surface area contributed by atoms with Crippen LogP contribution in [0.5, 0.6) is 0 Å². The molecule has 0 bridgehead atoms. The molecular weight excluding hydrogens is 312 g/mol. The summed E-state index contributed by atoms with van der Waals surface area (Å²) in [4.78, 5) is 23.9. The van der Waals surface area contributed by atoms with Crippen molar-refractivity contribution in [1.82, 2.24) is 5.32 Å². The molecule has 2 aromatic rings. The van der Waals surface area contributed by atoms with Gasteiger partial charge in [0, 0.05) is 4.88 Å². The summed E-state index contributed by atoms with van der Waals surface area (Å²) in [5.74, 6) is -1.08. The molecule has 0 unspecified atom stereocenters. The summed E-state index contributed by atoms with van der Waals surface area (Å²) < 4.78 is 0.652. The van der Waals surface area contributed by atoms with E-state index in [1.54, 1.807) is 25.1 Å². The Balaban J connectivity index is 2.04. The van der Waals surface area contributed by atoms with Gasteiger partial charge in [0.15, 0.2) is 0 Å². The first-order valence-electron chi connectivity index (χ1n) is 6.09. The van der Waals surface area contributed by atoms with Crippen molar-refractivity contribution in [3.8, 4) is 0 Å². The average Bonchev–Trinajstić information content (AvgIpc) is 2.84. The lowest BCUT2D eigenvalue weighted by atomic mass is 10.1. The molecule has 21 heavy (non-hydrogen) atoms. The number of rotatable bonds is 4. The fourth-order valence-electron chi connectivity index (χ4n) is 1.78. The summed E-state index contributed by atoms with van der Waals surface area (Å²) in [7, 11) is 0. The molecule has 1 aromatic carbocycles. The zero-order chi connectivity index (χ0) is 15.4. The summed E-state index contributed by atoms with van der Waals surface area (Å²) in [6.45, 7) is 2.07. The number of nitrogens with one attached hydrogen (secondary N) is 2. The Morgan fingerprint density at radius 3 is 2.67 bits per heavy atom. The van der Waals surface area contributed by atoms with E-state index in [1.165, 1.54) is 17.4 Å². The van der Waals surface area contributed by atoms with Gasteiger partial charge in [0.25, 0.3) is 0 Å². The van der Waals surface area contributed by atoms with Crippen LogP contribution in [-0.4, -0.2) is 17.1 Å². The summed E-state index contributed by atoms with van der Waals surface area (Å²) >= 11 is 7.18. The standard InChI is InChI=1S/C14H13ClN2O3S/c1-8-3-2-4-10(13(18)19)12(8)17-14(20)16-7-9-5-6-11(15)21-9/h2-6H,7H2,1H3,(H,18,19)(H2,16,17,20). The van der Waals surface area contributed by atoms with Crippen LogP contribution in [0.4, 0.5) is 10.5 Å². The molecule has 7 heteroatoms. The van der Waals surface area contributed by atoms with Crippen LogP contribution in [0, 0.1) is 6.92 Å². The van der Waals surface area contributed by atoms with E-state index in [-0.39, 0.29) is 5.56 Å². The van der Waals surface area contributed by atoms with Crippen LogP contribution in [0.25, 0.3) is 0 Å². The second kappa shape index (κ2) is 6.60. The number of carboxylic acids is 1. The molecule has 3 N–H and O–H groups in total. The third kappa shape index (κ3) is 3.96. The van der Waals surface area contributed by atoms with Crippen molar-refractivity contribution in [2.75, 3.05) is 5.32 Å². The van der Waals surface area contributed by atoms with Crippen LogP contribution in [0.15, 0.2) is 30.3 Å². The largest absolute Gasteiger partial charge is 0.478 e. The van der Waals surface area contributed by atoms with Crippen LogP contribution in [0.3, 0.4) is 0 Å². The van der Waals surface area contributed by atoms with Crippen molar-refractivity contribution in [1.29, 1.82) is 0 Å². The van der Waals surface area contributed by atoms with E-state index in [9.17, 15) is 9.59 Å². The van der Waals surface area contributed by atoms with Crippen molar-refractivity contribution >= 4 is 40.6 Å². The molecule has 2 amide bonds. The fraction of sp³-hybridized carbons (Fsp3) is 0.143. The lowest BCUT2D eigenvalue weighted by Gasteiger charge is -2.12. The molecule has 0 atom stereocenters. The molecule has 0 spiro atoms. The number of carbonyl (C=O) groups excluding carboxylic acids is 1. The Morgan fingerprint density at radius 2 is 2.05 bits per heavy atom. The monoisotopic (exact) mass is 324 g/mol. The summed E-state index contributed by atoms with van der Waals surface area (Å²) in [5, 5.41) is 14.4. The van der Waals surface area contributed by atoms with Crippen molar-refractivity contribution in [2.45, 2.75) is 13.5 Å². The van der Waals surface area contributed by atoms with Crippen LogP contribution < -0.4 is 10.6 Å². The third-order valence-corrected chi connectivity index (χ3v) is 4.02. The number of carboxylic acid groups (broad SMARTS) is 1. The highest BCUT2D eigenvalue weighted by molar-refractivity contribution is 7.16. The minimum Gasteiger partial charge on any atom is -0.478 e. The van der Waals surface area contributed by atoms with E-state index in [2.05, 4.69) is 10.6 Å².